The maximum atomic E-state index is 5.65. The van der Waals surface area contributed by atoms with Crippen molar-refractivity contribution in [2.45, 2.75) is 20.0 Å². The van der Waals surface area contributed by atoms with E-state index in [1.807, 2.05) is 43.5 Å². The number of halogens is 1. The summed E-state index contributed by atoms with van der Waals surface area (Å²) in [6, 6.07) is 11.9. The van der Waals surface area contributed by atoms with E-state index in [4.69, 9.17) is 9.15 Å². The van der Waals surface area contributed by atoms with Crippen molar-refractivity contribution in [3.05, 3.63) is 59.5 Å². The molecule has 0 aliphatic heterocycles. The van der Waals surface area contributed by atoms with Crippen LogP contribution >= 0.6 is 12.4 Å². The number of H-pyrrole nitrogens is 1. The lowest BCUT2D eigenvalue weighted by Crippen LogP contribution is -2.13. The van der Waals surface area contributed by atoms with E-state index in [9.17, 15) is 0 Å². The Hall–Kier alpha value is -2.24. The molecule has 0 radical (unpaired) electrons. The second-order valence-electron chi connectivity index (χ2n) is 5.10. The third-order valence-corrected chi connectivity index (χ3v) is 3.53. The normalized spacial score (nSPS) is 10.3. The maximum Gasteiger partial charge on any atom is 0.152 e. The van der Waals surface area contributed by atoms with Crippen molar-refractivity contribution >= 4 is 12.4 Å². The number of rotatable bonds is 6. The lowest BCUT2D eigenvalue weighted by molar-refractivity contribution is 0.407. The lowest BCUT2D eigenvalue weighted by Gasteiger charge is -2.09. The molecule has 1 aromatic carbocycles. The van der Waals surface area contributed by atoms with Crippen molar-refractivity contribution in [1.82, 2.24) is 15.5 Å². The first-order valence-corrected chi connectivity index (χ1v) is 7.19. The fraction of sp³-hybridized carbons (Fsp3) is 0.235. The Labute approximate surface area is 141 Å². The Bertz CT molecular complexity index is 752. The van der Waals surface area contributed by atoms with Crippen LogP contribution in [0.5, 0.6) is 5.75 Å². The first-order valence-electron chi connectivity index (χ1n) is 7.19. The average Bonchev–Trinajstić information content (AvgIpc) is 3.16. The van der Waals surface area contributed by atoms with Gasteiger partial charge in [-0.3, -0.25) is 5.10 Å². The lowest BCUT2D eigenvalue weighted by atomic mass is 10.2. The summed E-state index contributed by atoms with van der Waals surface area (Å²) in [7, 11) is 1.69. The molecule has 6 heteroatoms. The highest BCUT2D eigenvalue weighted by Gasteiger charge is 2.11. The molecule has 0 spiro atoms. The van der Waals surface area contributed by atoms with Crippen LogP contribution in [0.3, 0.4) is 0 Å². The molecular weight excluding hydrogens is 314 g/mol. The molecule has 0 amide bonds. The summed E-state index contributed by atoms with van der Waals surface area (Å²) < 4.78 is 11.0. The van der Waals surface area contributed by atoms with Crippen LogP contribution < -0.4 is 10.1 Å². The predicted molar refractivity (Wildman–Crippen MR) is 91.8 cm³/mol. The molecule has 0 aliphatic rings. The first-order chi connectivity index (χ1) is 10.8. The third-order valence-electron chi connectivity index (χ3n) is 3.53. The van der Waals surface area contributed by atoms with Crippen LogP contribution in [0.15, 0.2) is 47.0 Å². The van der Waals surface area contributed by atoms with Gasteiger partial charge in [-0.05, 0) is 25.1 Å². The van der Waals surface area contributed by atoms with E-state index in [1.54, 1.807) is 7.11 Å². The Balaban J connectivity index is 0.00000192. The van der Waals surface area contributed by atoms with Gasteiger partial charge in [-0.2, -0.15) is 5.10 Å². The zero-order valence-corrected chi connectivity index (χ0v) is 13.9. The first kappa shape index (κ1) is 17.1. The van der Waals surface area contributed by atoms with Gasteiger partial charge < -0.3 is 14.5 Å². The molecule has 3 aromatic rings. The van der Waals surface area contributed by atoms with Crippen LogP contribution in [0, 0.1) is 6.92 Å². The third kappa shape index (κ3) is 3.94. The van der Waals surface area contributed by atoms with Crippen LogP contribution in [0.2, 0.25) is 0 Å². The molecule has 122 valence electrons. The Morgan fingerprint density at radius 3 is 2.65 bits per heavy atom. The molecule has 2 aromatic heterocycles. The number of nitrogens with one attached hydrogen (secondary N) is 2. The second-order valence-corrected chi connectivity index (χ2v) is 5.10. The number of benzene rings is 1. The van der Waals surface area contributed by atoms with Crippen molar-refractivity contribution in [1.29, 1.82) is 0 Å². The number of furan rings is 1. The highest BCUT2D eigenvalue weighted by Crippen LogP contribution is 2.23. The number of aromatic nitrogens is 2. The maximum absolute atomic E-state index is 5.65. The summed E-state index contributed by atoms with van der Waals surface area (Å²) in [6.45, 7) is 3.36. The largest absolute Gasteiger partial charge is 0.496 e. The number of hydrogen-bond donors (Lipinski definition) is 2. The van der Waals surface area contributed by atoms with E-state index in [1.165, 1.54) is 0 Å². The van der Waals surface area contributed by atoms with Gasteiger partial charge in [-0.15, -0.1) is 12.4 Å². The van der Waals surface area contributed by atoms with Gasteiger partial charge in [0, 0.05) is 24.2 Å². The van der Waals surface area contributed by atoms with E-state index in [-0.39, 0.29) is 12.4 Å². The van der Waals surface area contributed by atoms with Crippen molar-refractivity contribution in [3.8, 4) is 17.2 Å². The zero-order valence-electron chi connectivity index (χ0n) is 13.1. The SMILES string of the molecule is COc1ccccc1CNCc1cn[nH]c1-c1ccc(C)o1.Cl. The number of nitrogens with zero attached hydrogens (tertiary/aromatic N) is 1. The smallest absolute Gasteiger partial charge is 0.152 e. The molecule has 0 bridgehead atoms. The zero-order chi connectivity index (χ0) is 15.4. The monoisotopic (exact) mass is 333 g/mol. The molecule has 3 rings (SSSR count). The summed E-state index contributed by atoms with van der Waals surface area (Å²) in [5.41, 5.74) is 3.12. The van der Waals surface area contributed by atoms with E-state index in [2.05, 4.69) is 21.6 Å². The number of methoxy groups -OCH3 is 1. The second kappa shape index (κ2) is 7.85. The van der Waals surface area contributed by atoms with Crippen LogP contribution in [0.4, 0.5) is 0 Å². The van der Waals surface area contributed by atoms with Crippen molar-refractivity contribution < 1.29 is 9.15 Å². The van der Waals surface area contributed by atoms with Crippen LogP contribution in [0.25, 0.3) is 11.5 Å². The summed E-state index contributed by atoms with van der Waals surface area (Å²) in [4.78, 5) is 0. The molecule has 5 nitrogen and oxygen atoms in total. The Kier molecular flexibility index (Phi) is 5.84. The molecule has 0 atom stereocenters. The molecule has 0 saturated heterocycles. The van der Waals surface area contributed by atoms with Crippen LogP contribution in [-0.2, 0) is 13.1 Å². The van der Waals surface area contributed by atoms with Gasteiger partial charge in [-0.25, -0.2) is 0 Å². The summed E-state index contributed by atoms with van der Waals surface area (Å²) in [5, 5.41) is 10.5. The highest BCUT2D eigenvalue weighted by molar-refractivity contribution is 5.85. The minimum absolute atomic E-state index is 0. The van der Waals surface area contributed by atoms with Crippen LogP contribution in [0.1, 0.15) is 16.9 Å². The van der Waals surface area contributed by atoms with Crippen molar-refractivity contribution in [3.63, 3.8) is 0 Å². The molecule has 0 saturated carbocycles. The minimum atomic E-state index is 0. The van der Waals surface area contributed by atoms with Gasteiger partial charge in [0.05, 0.1) is 13.3 Å². The standard InChI is InChI=1S/C17H19N3O2.ClH/c1-12-7-8-16(22-12)17-14(11-19-20-17)10-18-9-13-5-3-4-6-15(13)21-2;/h3-8,11,18H,9-10H2,1-2H3,(H,19,20);1H. The molecule has 23 heavy (non-hydrogen) atoms. The Morgan fingerprint density at radius 2 is 1.91 bits per heavy atom. The number of hydrogen-bond acceptors (Lipinski definition) is 4. The molecule has 0 unspecified atom stereocenters. The van der Waals surface area contributed by atoms with Gasteiger partial charge in [-0.1, -0.05) is 18.2 Å². The minimum Gasteiger partial charge on any atom is -0.496 e. The summed E-state index contributed by atoms with van der Waals surface area (Å²) >= 11 is 0. The Morgan fingerprint density at radius 1 is 1.13 bits per heavy atom. The van der Waals surface area contributed by atoms with Gasteiger partial charge >= 0.3 is 0 Å². The molecule has 2 N–H and O–H groups in total. The summed E-state index contributed by atoms with van der Waals surface area (Å²) in [6.07, 6.45) is 1.82. The fourth-order valence-electron chi connectivity index (χ4n) is 2.41. The van der Waals surface area contributed by atoms with E-state index in [0.29, 0.717) is 6.54 Å². The van der Waals surface area contributed by atoms with Gasteiger partial charge in [0.2, 0.25) is 0 Å². The fourth-order valence-corrected chi connectivity index (χ4v) is 2.41. The molecule has 2 heterocycles. The molecule has 0 fully saturated rings. The van der Waals surface area contributed by atoms with Gasteiger partial charge in [0.25, 0.3) is 0 Å². The van der Waals surface area contributed by atoms with Gasteiger partial charge in [0.1, 0.15) is 17.2 Å². The van der Waals surface area contributed by atoms with E-state index in [0.717, 1.165) is 40.6 Å². The van der Waals surface area contributed by atoms with Crippen molar-refractivity contribution in [2.75, 3.05) is 7.11 Å². The van der Waals surface area contributed by atoms with E-state index < -0.39 is 0 Å². The molecule has 0 aliphatic carbocycles. The predicted octanol–water partition coefficient (Wildman–Crippen LogP) is 3.70. The number of aryl methyl sites for hydroxylation is 1. The quantitative estimate of drug-likeness (QED) is 0.722. The molecular formula is C17H20ClN3O2. The number of para-hydroxylation sites is 1. The number of aromatic amines is 1. The van der Waals surface area contributed by atoms with Crippen LogP contribution in [-0.4, -0.2) is 17.3 Å². The van der Waals surface area contributed by atoms with Gasteiger partial charge in [0.15, 0.2) is 5.76 Å². The average molecular weight is 334 g/mol. The number of ether oxygens (including phenoxy) is 1. The highest BCUT2D eigenvalue weighted by atomic mass is 35.5. The van der Waals surface area contributed by atoms with E-state index >= 15 is 0 Å². The summed E-state index contributed by atoms with van der Waals surface area (Å²) in [5.74, 6) is 2.59. The topological polar surface area (TPSA) is 63.1 Å². The van der Waals surface area contributed by atoms with Crippen molar-refractivity contribution in [2.24, 2.45) is 0 Å².